The van der Waals surface area contributed by atoms with Crippen LogP contribution in [0.25, 0.3) is 6.08 Å². The van der Waals surface area contributed by atoms with Crippen molar-refractivity contribution in [2.45, 2.75) is 12.8 Å². The van der Waals surface area contributed by atoms with Crippen LogP contribution in [0.1, 0.15) is 17.5 Å². The van der Waals surface area contributed by atoms with E-state index in [2.05, 4.69) is 18.7 Å². The summed E-state index contributed by atoms with van der Waals surface area (Å²) in [4.78, 5) is 0. The van der Waals surface area contributed by atoms with Crippen LogP contribution in [-0.2, 0) is 6.42 Å². The summed E-state index contributed by atoms with van der Waals surface area (Å²) in [6.45, 7) is 3.74. The molecule has 0 heterocycles. The van der Waals surface area contributed by atoms with Gasteiger partial charge in [0, 0.05) is 5.02 Å². The second kappa shape index (κ2) is 3.39. The largest absolute Gasteiger partial charge is 0.103 e. The van der Waals surface area contributed by atoms with E-state index in [1.807, 2.05) is 18.2 Å². The summed E-state index contributed by atoms with van der Waals surface area (Å²) in [5, 5.41) is 0.858. The predicted octanol–water partition coefficient (Wildman–Crippen LogP) is 3.86. The summed E-state index contributed by atoms with van der Waals surface area (Å²) >= 11 is 6.06. The van der Waals surface area contributed by atoms with E-state index in [0.29, 0.717) is 0 Å². The van der Waals surface area contributed by atoms with Crippen molar-refractivity contribution in [2.75, 3.05) is 0 Å². The molecule has 1 aromatic carbocycles. The van der Waals surface area contributed by atoms with E-state index in [-0.39, 0.29) is 0 Å². The van der Waals surface area contributed by atoms with Gasteiger partial charge in [0.1, 0.15) is 0 Å². The maximum absolute atomic E-state index is 6.06. The van der Waals surface area contributed by atoms with Gasteiger partial charge in [-0.3, -0.25) is 0 Å². The highest BCUT2D eigenvalue weighted by Gasteiger charge is 2.13. The highest BCUT2D eigenvalue weighted by molar-refractivity contribution is 6.32. The van der Waals surface area contributed by atoms with Gasteiger partial charge in [-0.1, -0.05) is 41.5 Å². The van der Waals surface area contributed by atoms with Crippen LogP contribution in [0.5, 0.6) is 0 Å². The molecule has 0 bridgehead atoms. The second-order valence-corrected chi connectivity index (χ2v) is 3.69. The first-order chi connectivity index (χ1) is 6.31. The molecule has 0 fully saturated rings. The molecule has 0 spiro atoms. The SMILES string of the molecule is C=CCC1=Cc2c(Cl)cccc2C1. The van der Waals surface area contributed by atoms with Crippen molar-refractivity contribution in [1.82, 2.24) is 0 Å². The fourth-order valence-electron chi connectivity index (χ4n) is 1.71. The minimum absolute atomic E-state index is 0.858. The third-order valence-corrected chi connectivity index (χ3v) is 2.65. The molecule has 1 aliphatic carbocycles. The van der Waals surface area contributed by atoms with Gasteiger partial charge in [0.25, 0.3) is 0 Å². The van der Waals surface area contributed by atoms with Gasteiger partial charge in [-0.2, -0.15) is 0 Å². The van der Waals surface area contributed by atoms with Crippen molar-refractivity contribution in [3.8, 4) is 0 Å². The second-order valence-electron chi connectivity index (χ2n) is 3.28. The number of allylic oxidation sites excluding steroid dienone is 2. The third-order valence-electron chi connectivity index (χ3n) is 2.32. The number of rotatable bonds is 2. The lowest BCUT2D eigenvalue weighted by Crippen LogP contribution is -1.83. The molecule has 1 aliphatic rings. The Morgan fingerprint density at radius 2 is 2.31 bits per heavy atom. The maximum atomic E-state index is 6.06. The third kappa shape index (κ3) is 1.54. The molecular weight excluding hydrogens is 180 g/mol. The zero-order valence-electron chi connectivity index (χ0n) is 7.39. The summed E-state index contributed by atoms with van der Waals surface area (Å²) in [6.07, 6.45) is 6.11. The van der Waals surface area contributed by atoms with E-state index >= 15 is 0 Å². The maximum Gasteiger partial charge on any atom is 0.0481 e. The molecule has 0 saturated carbocycles. The molecule has 0 atom stereocenters. The lowest BCUT2D eigenvalue weighted by Gasteiger charge is -1.98. The molecule has 0 aromatic heterocycles. The molecule has 0 saturated heterocycles. The molecule has 0 nitrogen and oxygen atoms in total. The van der Waals surface area contributed by atoms with Gasteiger partial charge in [0.2, 0.25) is 0 Å². The lowest BCUT2D eigenvalue weighted by molar-refractivity contribution is 1.11. The first-order valence-electron chi connectivity index (χ1n) is 4.39. The van der Waals surface area contributed by atoms with E-state index in [9.17, 15) is 0 Å². The van der Waals surface area contributed by atoms with E-state index in [1.54, 1.807) is 0 Å². The molecule has 1 heteroatoms. The van der Waals surface area contributed by atoms with Crippen LogP contribution in [0.2, 0.25) is 5.02 Å². The van der Waals surface area contributed by atoms with Gasteiger partial charge in [0.15, 0.2) is 0 Å². The lowest BCUT2D eigenvalue weighted by atomic mass is 10.1. The topological polar surface area (TPSA) is 0 Å². The van der Waals surface area contributed by atoms with Gasteiger partial charge >= 0.3 is 0 Å². The molecular formula is C12H11Cl. The Balaban J connectivity index is 2.37. The Bertz CT molecular complexity index is 375. The van der Waals surface area contributed by atoms with Gasteiger partial charge in [0.05, 0.1) is 0 Å². The average molecular weight is 191 g/mol. The van der Waals surface area contributed by atoms with Crippen LogP contribution < -0.4 is 0 Å². The zero-order chi connectivity index (χ0) is 9.26. The van der Waals surface area contributed by atoms with Crippen LogP contribution in [-0.4, -0.2) is 0 Å². The first kappa shape index (κ1) is 8.58. The fourth-order valence-corrected chi connectivity index (χ4v) is 1.96. The molecule has 0 amide bonds. The average Bonchev–Trinajstić information content (AvgIpc) is 2.49. The van der Waals surface area contributed by atoms with Crippen molar-refractivity contribution in [2.24, 2.45) is 0 Å². The summed E-state index contributed by atoms with van der Waals surface area (Å²) in [5.74, 6) is 0. The molecule has 0 unspecified atom stereocenters. The summed E-state index contributed by atoms with van der Waals surface area (Å²) in [6, 6.07) is 6.08. The van der Waals surface area contributed by atoms with Gasteiger partial charge < -0.3 is 0 Å². The van der Waals surface area contributed by atoms with Crippen LogP contribution >= 0.6 is 11.6 Å². The Labute approximate surface area is 83.5 Å². The molecule has 66 valence electrons. The minimum atomic E-state index is 0.858. The van der Waals surface area contributed by atoms with Crippen molar-refractivity contribution in [3.63, 3.8) is 0 Å². The first-order valence-corrected chi connectivity index (χ1v) is 4.77. The Hall–Kier alpha value is -1.01. The van der Waals surface area contributed by atoms with Gasteiger partial charge in [-0.05, 0) is 30.0 Å². The standard InChI is InChI=1S/C12H11Cl/c1-2-4-9-7-10-5-3-6-12(13)11(10)8-9/h2-3,5-6,8H,1,4,7H2. The Kier molecular flexibility index (Phi) is 2.24. The summed E-state index contributed by atoms with van der Waals surface area (Å²) in [5.41, 5.74) is 3.93. The quantitative estimate of drug-likeness (QED) is 0.622. The number of hydrogen-bond acceptors (Lipinski definition) is 0. The van der Waals surface area contributed by atoms with Crippen LogP contribution in [0.3, 0.4) is 0 Å². The normalized spacial score (nSPS) is 13.8. The van der Waals surface area contributed by atoms with E-state index in [0.717, 1.165) is 17.9 Å². The smallest absolute Gasteiger partial charge is 0.0481 e. The van der Waals surface area contributed by atoms with Crippen molar-refractivity contribution >= 4 is 17.7 Å². The van der Waals surface area contributed by atoms with E-state index in [1.165, 1.54) is 16.7 Å². The molecule has 2 rings (SSSR count). The van der Waals surface area contributed by atoms with Gasteiger partial charge in [-0.15, -0.1) is 6.58 Å². The highest BCUT2D eigenvalue weighted by Crippen LogP contribution is 2.31. The molecule has 0 radical (unpaired) electrons. The number of benzene rings is 1. The van der Waals surface area contributed by atoms with Crippen LogP contribution in [0.4, 0.5) is 0 Å². The fraction of sp³-hybridized carbons (Fsp3) is 0.167. The minimum Gasteiger partial charge on any atom is -0.103 e. The summed E-state index contributed by atoms with van der Waals surface area (Å²) < 4.78 is 0. The van der Waals surface area contributed by atoms with Crippen molar-refractivity contribution < 1.29 is 0 Å². The molecule has 1 aromatic rings. The van der Waals surface area contributed by atoms with E-state index in [4.69, 9.17) is 11.6 Å². The molecule has 0 aliphatic heterocycles. The Morgan fingerprint density at radius 1 is 1.46 bits per heavy atom. The monoisotopic (exact) mass is 190 g/mol. The Morgan fingerprint density at radius 3 is 3.00 bits per heavy atom. The van der Waals surface area contributed by atoms with Crippen molar-refractivity contribution in [1.29, 1.82) is 0 Å². The van der Waals surface area contributed by atoms with Crippen LogP contribution in [0.15, 0.2) is 36.4 Å². The van der Waals surface area contributed by atoms with Gasteiger partial charge in [-0.25, -0.2) is 0 Å². The molecule has 13 heavy (non-hydrogen) atoms. The zero-order valence-corrected chi connectivity index (χ0v) is 8.14. The number of hydrogen-bond donors (Lipinski definition) is 0. The van der Waals surface area contributed by atoms with Crippen molar-refractivity contribution in [3.05, 3.63) is 52.6 Å². The van der Waals surface area contributed by atoms with E-state index < -0.39 is 0 Å². The number of halogens is 1. The predicted molar refractivity (Wildman–Crippen MR) is 57.9 cm³/mol. The van der Waals surface area contributed by atoms with Crippen LogP contribution in [0, 0.1) is 0 Å². The highest BCUT2D eigenvalue weighted by atomic mass is 35.5. The molecule has 0 N–H and O–H groups in total. The summed E-state index contributed by atoms with van der Waals surface area (Å²) in [7, 11) is 0. The number of fused-ring (bicyclic) bond motifs is 1.